The Morgan fingerprint density at radius 1 is 1.30 bits per heavy atom. The topological polar surface area (TPSA) is 64.6 Å². The van der Waals surface area contributed by atoms with E-state index in [1.165, 1.54) is 13.2 Å². The fourth-order valence-electron chi connectivity index (χ4n) is 1.92. The van der Waals surface area contributed by atoms with Gasteiger partial charge in [0.1, 0.15) is 0 Å². The van der Waals surface area contributed by atoms with Crippen molar-refractivity contribution in [1.82, 2.24) is 0 Å². The first-order chi connectivity index (χ1) is 11.0. The maximum Gasteiger partial charge on any atom is 0.337 e. The number of methoxy groups -OCH3 is 1. The molecule has 0 fully saturated rings. The molecule has 1 aliphatic heterocycles. The lowest BCUT2D eigenvalue weighted by molar-refractivity contribution is -0.135. The maximum atomic E-state index is 12.0. The van der Waals surface area contributed by atoms with Crippen molar-refractivity contribution < 1.29 is 19.1 Å². The number of rotatable bonds is 4. The number of fused-ring (bicyclic) bond motifs is 1. The van der Waals surface area contributed by atoms with Crippen LogP contribution in [0.2, 0.25) is 0 Å². The number of hydrogen-bond acceptors (Lipinski definition) is 4. The zero-order chi connectivity index (χ0) is 16.8. The van der Waals surface area contributed by atoms with Crippen LogP contribution in [0, 0.1) is 0 Å². The number of ether oxygens (including phenoxy) is 2. The van der Waals surface area contributed by atoms with Gasteiger partial charge >= 0.3 is 5.97 Å². The van der Waals surface area contributed by atoms with Gasteiger partial charge in [-0.3, -0.25) is 4.79 Å². The van der Waals surface area contributed by atoms with Gasteiger partial charge in [-0.2, -0.15) is 0 Å². The van der Waals surface area contributed by atoms with E-state index in [1.54, 1.807) is 37.3 Å². The first-order valence-corrected chi connectivity index (χ1v) is 6.94. The Bertz CT molecular complexity index is 741. The van der Waals surface area contributed by atoms with E-state index in [0.29, 0.717) is 17.0 Å². The molecule has 0 saturated carbocycles. The Labute approximate surface area is 134 Å². The van der Waals surface area contributed by atoms with E-state index in [2.05, 4.69) is 16.6 Å². The molecule has 0 unspecified atom stereocenters. The molecule has 1 aromatic rings. The molecule has 1 N–H and O–H groups in total. The fourth-order valence-corrected chi connectivity index (χ4v) is 1.92. The molecule has 1 amide bonds. The van der Waals surface area contributed by atoms with Crippen LogP contribution >= 0.6 is 0 Å². The molecule has 2 rings (SSSR count). The molecule has 0 aromatic heterocycles. The predicted octanol–water partition coefficient (Wildman–Crippen LogP) is 3.13. The zero-order valence-corrected chi connectivity index (χ0v) is 13.0. The summed E-state index contributed by atoms with van der Waals surface area (Å²) in [6.45, 7) is 5.35. The summed E-state index contributed by atoms with van der Waals surface area (Å²) in [4.78, 5) is 23.4. The molecular weight excluding hydrogens is 294 g/mol. The van der Waals surface area contributed by atoms with Crippen LogP contribution in [0.4, 0.5) is 5.69 Å². The molecule has 5 heteroatoms. The van der Waals surface area contributed by atoms with Crippen molar-refractivity contribution in [3.8, 4) is 5.75 Å². The molecule has 118 valence electrons. The predicted molar refractivity (Wildman–Crippen MR) is 87.8 cm³/mol. The van der Waals surface area contributed by atoms with E-state index >= 15 is 0 Å². The van der Waals surface area contributed by atoms with E-state index in [9.17, 15) is 9.59 Å². The summed E-state index contributed by atoms with van der Waals surface area (Å²) in [6.07, 6.45) is 6.25. The number of amides is 1. The molecular formula is C18H17NO4. The zero-order valence-electron chi connectivity index (χ0n) is 13.0. The lowest BCUT2D eigenvalue weighted by Crippen LogP contribution is -2.23. The highest BCUT2D eigenvalue weighted by Crippen LogP contribution is 2.30. The smallest absolute Gasteiger partial charge is 0.337 e. The quantitative estimate of drug-likeness (QED) is 0.527. The second-order valence-corrected chi connectivity index (χ2v) is 4.79. The van der Waals surface area contributed by atoms with Gasteiger partial charge in [-0.15, -0.1) is 0 Å². The molecule has 0 saturated heterocycles. The summed E-state index contributed by atoms with van der Waals surface area (Å²) < 4.78 is 10.2. The highest BCUT2D eigenvalue weighted by atomic mass is 16.5. The first kappa shape index (κ1) is 16.3. The van der Waals surface area contributed by atoms with Gasteiger partial charge in [0.2, 0.25) is 0 Å². The van der Waals surface area contributed by atoms with Crippen molar-refractivity contribution >= 4 is 17.6 Å². The number of allylic oxidation sites excluding steroid dienone is 4. The Morgan fingerprint density at radius 3 is 2.74 bits per heavy atom. The third kappa shape index (κ3) is 3.97. The normalized spacial score (nSPS) is 16.3. The molecule has 5 nitrogen and oxygen atoms in total. The van der Waals surface area contributed by atoms with Crippen molar-refractivity contribution in [3.05, 3.63) is 72.1 Å². The number of carbonyl (C=O) groups excluding carboxylic acids is 2. The third-order valence-corrected chi connectivity index (χ3v) is 3.10. The summed E-state index contributed by atoms with van der Waals surface area (Å²) in [6, 6.07) is 7.18. The van der Waals surface area contributed by atoms with Crippen molar-refractivity contribution in [2.45, 2.75) is 6.92 Å². The Hall–Kier alpha value is -3.08. The molecule has 1 aromatic carbocycles. The minimum Gasteiger partial charge on any atom is -0.465 e. The Kier molecular flexibility index (Phi) is 5.15. The van der Waals surface area contributed by atoms with Crippen molar-refractivity contribution in [2.24, 2.45) is 0 Å². The van der Waals surface area contributed by atoms with Gasteiger partial charge in [-0.25, -0.2) is 4.79 Å². The van der Waals surface area contributed by atoms with Crippen LogP contribution in [-0.2, 0) is 14.3 Å². The van der Waals surface area contributed by atoms with E-state index in [0.717, 1.165) is 5.57 Å². The van der Waals surface area contributed by atoms with Gasteiger partial charge in [0, 0.05) is 0 Å². The monoisotopic (exact) mass is 311 g/mol. The SMILES string of the molecule is C=C\C(=C/C=C(C)/C=C1\Oc2ccccc2NC1=O)C(=O)OC. The first-order valence-electron chi connectivity index (χ1n) is 6.94. The third-order valence-electron chi connectivity index (χ3n) is 3.10. The number of carbonyl (C=O) groups is 2. The van der Waals surface area contributed by atoms with Gasteiger partial charge in [0.25, 0.3) is 5.91 Å². The highest BCUT2D eigenvalue weighted by Gasteiger charge is 2.21. The van der Waals surface area contributed by atoms with Gasteiger partial charge in [-0.1, -0.05) is 30.9 Å². The van der Waals surface area contributed by atoms with Crippen molar-refractivity contribution in [3.63, 3.8) is 0 Å². The summed E-state index contributed by atoms with van der Waals surface area (Å²) in [5.41, 5.74) is 1.69. The fraction of sp³-hybridized carbons (Fsp3) is 0.111. The standard InChI is InChI=1S/C18H17NO4/c1-4-13(18(21)22-3)10-9-12(2)11-16-17(20)19-14-7-5-6-8-15(14)23-16/h4-11H,1H2,2-3H3,(H,19,20)/b12-9+,13-10+,16-11-. The van der Waals surface area contributed by atoms with E-state index < -0.39 is 5.97 Å². The second kappa shape index (κ2) is 7.26. The van der Waals surface area contributed by atoms with Gasteiger partial charge in [-0.05, 0) is 36.8 Å². The van der Waals surface area contributed by atoms with Crippen LogP contribution in [0.1, 0.15) is 6.92 Å². The number of benzene rings is 1. The average molecular weight is 311 g/mol. The molecule has 0 spiro atoms. The van der Waals surface area contributed by atoms with Gasteiger partial charge in [0.05, 0.1) is 18.4 Å². The summed E-state index contributed by atoms with van der Waals surface area (Å²) >= 11 is 0. The molecule has 0 radical (unpaired) electrons. The lowest BCUT2D eigenvalue weighted by Gasteiger charge is -2.19. The molecule has 1 aliphatic rings. The van der Waals surface area contributed by atoms with Gasteiger partial charge < -0.3 is 14.8 Å². The molecule has 0 bridgehead atoms. The largest absolute Gasteiger partial charge is 0.465 e. The maximum absolute atomic E-state index is 12.0. The highest BCUT2D eigenvalue weighted by molar-refractivity contribution is 6.05. The summed E-state index contributed by atoms with van der Waals surface area (Å²) in [5.74, 6) is -0.0262. The van der Waals surface area contributed by atoms with Crippen molar-refractivity contribution in [2.75, 3.05) is 12.4 Å². The number of hydrogen-bond donors (Lipinski definition) is 1. The summed E-state index contributed by atoms with van der Waals surface area (Å²) in [5, 5.41) is 2.75. The number of para-hydroxylation sites is 2. The molecule has 23 heavy (non-hydrogen) atoms. The Balaban J connectivity index is 2.22. The molecule has 0 atom stereocenters. The average Bonchev–Trinajstić information content (AvgIpc) is 2.55. The molecule has 0 aliphatic carbocycles. The van der Waals surface area contributed by atoms with Gasteiger partial charge in [0.15, 0.2) is 11.5 Å². The summed E-state index contributed by atoms with van der Waals surface area (Å²) in [7, 11) is 1.30. The Morgan fingerprint density at radius 2 is 2.04 bits per heavy atom. The van der Waals surface area contributed by atoms with Crippen LogP contribution in [-0.4, -0.2) is 19.0 Å². The number of esters is 1. The van der Waals surface area contributed by atoms with Crippen LogP contribution < -0.4 is 10.1 Å². The minimum absolute atomic E-state index is 0.184. The van der Waals surface area contributed by atoms with Crippen LogP contribution in [0.25, 0.3) is 0 Å². The molecule has 1 heterocycles. The van der Waals surface area contributed by atoms with Crippen LogP contribution in [0.5, 0.6) is 5.75 Å². The number of anilines is 1. The number of nitrogens with one attached hydrogen (secondary N) is 1. The van der Waals surface area contributed by atoms with Crippen LogP contribution in [0.3, 0.4) is 0 Å². The minimum atomic E-state index is -0.475. The van der Waals surface area contributed by atoms with E-state index in [-0.39, 0.29) is 11.7 Å². The second-order valence-electron chi connectivity index (χ2n) is 4.79. The van der Waals surface area contributed by atoms with E-state index in [1.807, 2.05) is 12.1 Å². The van der Waals surface area contributed by atoms with Crippen LogP contribution in [0.15, 0.2) is 72.1 Å². The van der Waals surface area contributed by atoms with E-state index in [4.69, 9.17) is 4.74 Å². The lowest BCUT2D eigenvalue weighted by atomic mass is 10.1. The van der Waals surface area contributed by atoms with Crippen molar-refractivity contribution in [1.29, 1.82) is 0 Å².